The van der Waals surface area contributed by atoms with E-state index < -0.39 is 10.0 Å². The predicted octanol–water partition coefficient (Wildman–Crippen LogP) is 1.52. The standard InChI is InChI=1S/C12H20N2O2S2/c1-10(9-17-3)14(2)18(15,16)12-6-4-11(8-13)5-7-12/h4-7,10H,8-9,13H2,1-3H3. The Hall–Kier alpha value is -0.560. The van der Waals surface area contributed by atoms with Crippen molar-refractivity contribution in [2.45, 2.75) is 24.4 Å². The molecule has 1 rings (SSSR count). The maximum Gasteiger partial charge on any atom is 0.243 e. The first-order valence-electron chi connectivity index (χ1n) is 5.69. The summed E-state index contributed by atoms with van der Waals surface area (Å²) in [5, 5.41) is 0. The minimum absolute atomic E-state index is 0.0285. The molecule has 0 aliphatic rings. The Balaban J connectivity index is 2.97. The molecule has 0 aromatic heterocycles. The van der Waals surface area contributed by atoms with Crippen molar-refractivity contribution < 1.29 is 8.42 Å². The van der Waals surface area contributed by atoms with Crippen LogP contribution in [0.5, 0.6) is 0 Å². The number of nitrogens with two attached hydrogens (primary N) is 1. The number of hydrogen-bond donors (Lipinski definition) is 1. The highest BCUT2D eigenvalue weighted by atomic mass is 32.2. The second kappa shape index (κ2) is 6.56. The molecule has 0 saturated heterocycles. The van der Waals surface area contributed by atoms with Gasteiger partial charge in [0.25, 0.3) is 0 Å². The quantitative estimate of drug-likeness (QED) is 0.862. The van der Waals surface area contributed by atoms with Crippen LogP contribution in [0.25, 0.3) is 0 Å². The fourth-order valence-corrected chi connectivity index (χ4v) is 3.71. The van der Waals surface area contributed by atoms with E-state index >= 15 is 0 Å². The Kier molecular flexibility index (Phi) is 5.65. The second-order valence-electron chi connectivity index (χ2n) is 4.17. The van der Waals surface area contributed by atoms with Gasteiger partial charge in [-0.2, -0.15) is 16.1 Å². The van der Waals surface area contributed by atoms with Gasteiger partial charge in [0, 0.05) is 25.4 Å². The molecule has 0 spiro atoms. The van der Waals surface area contributed by atoms with Crippen LogP contribution >= 0.6 is 11.8 Å². The molecule has 1 aromatic rings. The van der Waals surface area contributed by atoms with Crippen LogP contribution in [0.2, 0.25) is 0 Å². The minimum atomic E-state index is -3.41. The highest BCUT2D eigenvalue weighted by molar-refractivity contribution is 7.98. The zero-order valence-electron chi connectivity index (χ0n) is 11.0. The van der Waals surface area contributed by atoms with Gasteiger partial charge in [-0.05, 0) is 30.9 Å². The van der Waals surface area contributed by atoms with Gasteiger partial charge >= 0.3 is 0 Å². The Morgan fingerprint density at radius 3 is 2.33 bits per heavy atom. The van der Waals surface area contributed by atoms with Gasteiger partial charge < -0.3 is 5.73 Å². The highest BCUT2D eigenvalue weighted by Gasteiger charge is 2.24. The molecule has 0 amide bonds. The lowest BCUT2D eigenvalue weighted by Gasteiger charge is -2.23. The number of hydrogen-bond acceptors (Lipinski definition) is 4. The minimum Gasteiger partial charge on any atom is -0.326 e. The van der Waals surface area contributed by atoms with Gasteiger partial charge in [0.2, 0.25) is 10.0 Å². The van der Waals surface area contributed by atoms with Crippen molar-refractivity contribution in [3.8, 4) is 0 Å². The number of sulfonamides is 1. The van der Waals surface area contributed by atoms with Crippen molar-refractivity contribution >= 4 is 21.8 Å². The number of benzene rings is 1. The molecule has 0 saturated carbocycles. The van der Waals surface area contributed by atoms with Gasteiger partial charge in [0.05, 0.1) is 4.90 Å². The first-order chi connectivity index (χ1) is 8.43. The summed E-state index contributed by atoms with van der Waals surface area (Å²) in [6.07, 6.45) is 1.97. The Labute approximate surface area is 114 Å². The predicted molar refractivity (Wildman–Crippen MR) is 77.1 cm³/mol. The van der Waals surface area contributed by atoms with E-state index in [1.54, 1.807) is 43.1 Å². The zero-order valence-corrected chi connectivity index (χ0v) is 12.6. The van der Waals surface area contributed by atoms with Crippen molar-refractivity contribution in [1.82, 2.24) is 4.31 Å². The van der Waals surface area contributed by atoms with Crippen LogP contribution in [0.4, 0.5) is 0 Å². The van der Waals surface area contributed by atoms with E-state index in [2.05, 4.69) is 0 Å². The third-order valence-electron chi connectivity index (χ3n) is 2.86. The Bertz CT molecular complexity index is 471. The maximum absolute atomic E-state index is 12.3. The monoisotopic (exact) mass is 288 g/mol. The second-order valence-corrected chi connectivity index (χ2v) is 7.08. The average molecular weight is 288 g/mol. The van der Waals surface area contributed by atoms with Crippen molar-refractivity contribution in [3.05, 3.63) is 29.8 Å². The highest BCUT2D eigenvalue weighted by Crippen LogP contribution is 2.18. The Morgan fingerprint density at radius 1 is 1.33 bits per heavy atom. The molecule has 2 N–H and O–H groups in total. The van der Waals surface area contributed by atoms with Crippen LogP contribution in [0.15, 0.2) is 29.2 Å². The van der Waals surface area contributed by atoms with Crippen LogP contribution in [-0.4, -0.2) is 37.8 Å². The molecule has 6 heteroatoms. The van der Waals surface area contributed by atoms with E-state index in [-0.39, 0.29) is 6.04 Å². The summed E-state index contributed by atoms with van der Waals surface area (Å²) in [7, 11) is -1.79. The van der Waals surface area contributed by atoms with Crippen LogP contribution < -0.4 is 5.73 Å². The first-order valence-corrected chi connectivity index (χ1v) is 8.53. The number of nitrogens with zero attached hydrogens (tertiary/aromatic N) is 1. The van der Waals surface area contributed by atoms with Crippen LogP contribution in [0.3, 0.4) is 0 Å². The molecule has 1 aromatic carbocycles. The van der Waals surface area contributed by atoms with Crippen molar-refractivity contribution in [2.75, 3.05) is 19.1 Å². The van der Waals surface area contributed by atoms with E-state index in [4.69, 9.17) is 5.73 Å². The summed E-state index contributed by atoms with van der Waals surface area (Å²) in [6.45, 7) is 2.32. The lowest BCUT2D eigenvalue weighted by Crippen LogP contribution is -2.36. The van der Waals surface area contributed by atoms with Crippen molar-refractivity contribution in [1.29, 1.82) is 0 Å². The van der Waals surface area contributed by atoms with E-state index in [0.29, 0.717) is 11.4 Å². The molecule has 0 aliphatic carbocycles. The fourth-order valence-electron chi connectivity index (χ4n) is 1.55. The van der Waals surface area contributed by atoms with E-state index in [9.17, 15) is 8.42 Å². The van der Waals surface area contributed by atoms with Crippen molar-refractivity contribution in [3.63, 3.8) is 0 Å². The topological polar surface area (TPSA) is 63.4 Å². The maximum atomic E-state index is 12.3. The Morgan fingerprint density at radius 2 is 1.89 bits per heavy atom. The van der Waals surface area contributed by atoms with Gasteiger partial charge in [0.15, 0.2) is 0 Å². The van der Waals surface area contributed by atoms with E-state index in [0.717, 1.165) is 11.3 Å². The summed E-state index contributed by atoms with van der Waals surface area (Å²) >= 11 is 1.63. The summed E-state index contributed by atoms with van der Waals surface area (Å²) < 4.78 is 26.1. The number of thioether (sulfide) groups is 1. The molecule has 0 bridgehead atoms. The largest absolute Gasteiger partial charge is 0.326 e. The molecule has 0 aliphatic heterocycles. The molecule has 1 unspecified atom stereocenters. The normalized spacial score (nSPS) is 13.8. The molecule has 0 fully saturated rings. The average Bonchev–Trinajstić information content (AvgIpc) is 2.38. The molecule has 0 radical (unpaired) electrons. The third-order valence-corrected chi connectivity index (χ3v) is 5.67. The molecule has 4 nitrogen and oxygen atoms in total. The third kappa shape index (κ3) is 3.47. The molecule has 1 atom stereocenters. The lowest BCUT2D eigenvalue weighted by molar-refractivity contribution is 0.415. The van der Waals surface area contributed by atoms with Gasteiger partial charge in [-0.25, -0.2) is 8.42 Å². The van der Waals surface area contributed by atoms with E-state index in [1.165, 1.54) is 4.31 Å². The van der Waals surface area contributed by atoms with Gasteiger partial charge in [0.1, 0.15) is 0 Å². The molecular formula is C12H20N2O2S2. The fraction of sp³-hybridized carbons (Fsp3) is 0.500. The van der Waals surface area contributed by atoms with Crippen LogP contribution in [-0.2, 0) is 16.6 Å². The molecule has 18 heavy (non-hydrogen) atoms. The smallest absolute Gasteiger partial charge is 0.243 e. The lowest BCUT2D eigenvalue weighted by atomic mass is 10.2. The van der Waals surface area contributed by atoms with Crippen molar-refractivity contribution in [2.24, 2.45) is 5.73 Å². The molecule has 0 heterocycles. The molecular weight excluding hydrogens is 268 g/mol. The summed E-state index contributed by atoms with van der Waals surface area (Å²) in [4.78, 5) is 0.315. The van der Waals surface area contributed by atoms with Crippen LogP contribution in [0, 0.1) is 0 Å². The summed E-state index contributed by atoms with van der Waals surface area (Å²) in [5.41, 5.74) is 6.42. The van der Waals surface area contributed by atoms with Crippen LogP contribution in [0.1, 0.15) is 12.5 Å². The van der Waals surface area contributed by atoms with Gasteiger partial charge in [-0.3, -0.25) is 0 Å². The number of rotatable bonds is 6. The zero-order chi connectivity index (χ0) is 13.8. The van der Waals surface area contributed by atoms with Gasteiger partial charge in [-0.1, -0.05) is 12.1 Å². The van der Waals surface area contributed by atoms with Gasteiger partial charge in [-0.15, -0.1) is 0 Å². The first kappa shape index (κ1) is 15.5. The molecule has 102 valence electrons. The van der Waals surface area contributed by atoms with E-state index in [1.807, 2.05) is 13.2 Å². The SMILES string of the molecule is CSCC(C)N(C)S(=O)(=O)c1ccc(CN)cc1. The summed E-state index contributed by atoms with van der Waals surface area (Å²) in [6, 6.07) is 6.69. The summed E-state index contributed by atoms with van der Waals surface area (Å²) in [5.74, 6) is 0.774.